The summed E-state index contributed by atoms with van der Waals surface area (Å²) in [7, 11) is -1.77. The van der Waals surface area contributed by atoms with Crippen LogP contribution in [0.3, 0.4) is 0 Å². The molecule has 0 saturated carbocycles. The van der Waals surface area contributed by atoms with Gasteiger partial charge in [0.15, 0.2) is 0 Å². The third-order valence-electron chi connectivity index (χ3n) is 2.07. The van der Waals surface area contributed by atoms with Crippen molar-refractivity contribution in [2.24, 2.45) is 0 Å². The monoisotopic (exact) mass is 321 g/mol. The van der Waals surface area contributed by atoms with Crippen molar-refractivity contribution in [3.05, 3.63) is 34.3 Å². The molecule has 1 atom stereocenters. The van der Waals surface area contributed by atoms with Crippen molar-refractivity contribution in [3.8, 4) is 0 Å². The second-order valence-electron chi connectivity index (χ2n) is 3.86. The number of ether oxygens (including phenoxy) is 1. The molecule has 0 spiro atoms. The number of benzene rings is 1. The van der Waals surface area contributed by atoms with Gasteiger partial charge < -0.3 is 4.74 Å². The first kappa shape index (κ1) is 14.6. The van der Waals surface area contributed by atoms with E-state index in [-0.39, 0.29) is 11.8 Å². The molecular weight excluding hydrogens is 306 g/mol. The lowest BCUT2D eigenvalue weighted by molar-refractivity contribution is 0.180. The Morgan fingerprint density at radius 3 is 2.47 bits per heavy atom. The van der Waals surface area contributed by atoms with Crippen LogP contribution in [0.1, 0.15) is 12.5 Å². The minimum Gasteiger partial charge on any atom is -0.383 e. The molecule has 0 radical (unpaired) electrons. The van der Waals surface area contributed by atoms with Crippen molar-refractivity contribution in [2.45, 2.75) is 18.7 Å². The number of rotatable bonds is 6. The predicted octanol–water partition coefficient (Wildman–Crippen LogP) is 1.90. The van der Waals surface area contributed by atoms with Crippen molar-refractivity contribution < 1.29 is 13.2 Å². The molecule has 0 unspecified atom stereocenters. The zero-order chi connectivity index (χ0) is 12.9. The molecule has 4 nitrogen and oxygen atoms in total. The largest absolute Gasteiger partial charge is 0.383 e. The topological polar surface area (TPSA) is 55.4 Å². The average Bonchev–Trinajstić information content (AvgIpc) is 2.20. The first-order valence-corrected chi connectivity index (χ1v) is 7.61. The summed E-state index contributed by atoms with van der Waals surface area (Å²) >= 11 is 3.30. The summed E-state index contributed by atoms with van der Waals surface area (Å²) in [5.74, 6) is -0.0195. The van der Waals surface area contributed by atoms with Gasteiger partial charge in [0.25, 0.3) is 0 Å². The average molecular weight is 322 g/mol. The standard InChI is InChI=1S/C11H16BrNO3S/c1-9(7-16-2)13-17(14,15)8-10-3-5-11(12)6-4-10/h3-6,9,13H,7-8H2,1-2H3/t9-/m0/s1. The smallest absolute Gasteiger partial charge is 0.216 e. The maximum Gasteiger partial charge on any atom is 0.216 e. The Balaban J connectivity index is 2.63. The Hall–Kier alpha value is -0.430. The van der Waals surface area contributed by atoms with Crippen LogP contribution in [0.25, 0.3) is 0 Å². The van der Waals surface area contributed by atoms with Gasteiger partial charge in [-0.05, 0) is 24.6 Å². The maximum atomic E-state index is 11.8. The van der Waals surface area contributed by atoms with Gasteiger partial charge in [0.1, 0.15) is 0 Å². The molecule has 0 fully saturated rings. The van der Waals surface area contributed by atoms with Crippen molar-refractivity contribution in [1.29, 1.82) is 0 Å². The number of nitrogens with one attached hydrogen (secondary N) is 1. The van der Waals surface area contributed by atoms with E-state index in [0.29, 0.717) is 6.61 Å². The van der Waals surface area contributed by atoms with Crippen molar-refractivity contribution >= 4 is 26.0 Å². The van der Waals surface area contributed by atoms with E-state index < -0.39 is 10.0 Å². The lowest BCUT2D eigenvalue weighted by Crippen LogP contribution is -2.36. The number of hydrogen-bond donors (Lipinski definition) is 1. The van der Waals surface area contributed by atoms with Crippen LogP contribution in [0, 0.1) is 0 Å². The van der Waals surface area contributed by atoms with Crippen LogP contribution in [-0.4, -0.2) is 28.2 Å². The van der Waals surface area contributed by atoms with E-state index in [2.05, 4.69) is 20.7 Å². The first-order valence-electron chi connectivity index (χ1n) is 5.16. The fourth-order valence-electron chi connectivity index (χ4n) is 1.43. The molecule has 0 heterocycles. The molecule has 0 bridgehead atoms. The van der Waals surface area contributed by atoms with E-state index >= 15 is 0 Å². The lowest BCUT2D eigenvalue weighted by atomic mass is 10.2. The number of halogens is 1. The summed E-state index contributed by atoms with van der Waals surface area (Å²) in [5.41, 5.74) is 0.755. The van der Waals surface area contributed by atoms with Gasteiger partial charge >= 0.3 is 0 Å². The second-order valence-corrected chi connectivity index (χ2v) is 6.53. The van der Waals surface area contributed by atoms with Gasteiger partial charge in [-0.25, -0.2) is 13.1 Å². The third-order valence-corrected chi connectivity index (χ3v) is 4.07. The maximum absolute atomic E-state index is 11.8. The summed E-state index contributed by atoms with van der Waals surface area (Å²) in [4.78, 5) is 0. The molecule has 1 aromatic carbocycles. The fraction of sp³-hybridized carbons (Fsp3) is 0.455. The van der Waals surface area contributed by atoms with Gasteiger partial charge in [0, 0.05) is 17.6 Å². The minimum absolute atomic E-state index is 0.0195. The third kappa shape index (κ3) is 5.63. The molecule has 0 saturated heterocycles. The molecule has 17 heavy (non-hydrogen) atoms. The van der Waals surface area contributed by atoms with Crippen LogP contribution in [0.2, 0.25) is 0 Å². The SMILES string of the molecule is COC[C@H](C)NS(=O)(=O)Cc1ccc(Br)cc1. The van der Waals surface area contributed by atoms with Gasteiger partial charge in [-0.15, -0.1) is 0 Å². The van der Waals surface area contributed by atoms with Gasteiger partial charge in [-0.2, -0.15) is 0 Å². The Labute approximate surface area is 111 Å². The molecule has 0 amide bonds. The summed E-state index contributed by atoms with van der Waals surface area (Å²) in [6.07, 6.45) is 0. The second kappa shape index (κ2) is 6.49. The predicted molar refractivity (Wildman–Crippen MR) is 71.2 cm³/mol. The van der Waals surface area contributed by atoms with Gasteiger partial charge in [0.2, 0.25) is 10.0 Å². The number of hydrogen-bond acceptors (Lipinski definition) is 3. The van der Waals surface area contributed by atoms with E-state index in [1.54, 1.807) is 26.2 Å². The summed E-state index contributed by atoms with van der Waals surface area (Å²) in [6, 6.07) is 6.99. The molecule has 0 aliphatic heterocycles. The number of sulfonamides is 1. The molecule has 0 aliphatic carbocycles. The highest BCUT2D eigenvalue weighted by Gasteiger charge is 2.14. The Morgan fingerprint density at radius 1 is 1.35 bits per heavy atom. The van der Waals surface area contributed by atoms with Crippen LogP contribution in [0.5, 0.6) is 0 Å². The van der Waals surface area contributed by atoms with Crippen LogP contribution in [0.4, 0.5) is 0 Å². The van der Waals surface area contributed by atoms with E-state index in [4.69, 9.17) is 4.74 Å². The summed E-state index contributed by atoms with van der Waals surface area (Å²) in [6.45, 7) is 2.13. The number of methoxy groups -OCH3 is 1. The van der Waals surface area contributed by atoms with Crippen molar-refractivity contribution in [1.82, 2.24) is 4.72 Å². The zero-order valence-electron chi connectivity index (χ0n) is 9.81. The fourth-order valence-corrected chi connectivity index (χ4v) is 3.09. The molecule has 6 heteroatoms. The van der Waals surface area contributed by atoms with Crippen LogP contribution in [-0.2, 0) is 20.5 Å². The van der Waals surface area contributed by atoms with Crippen molar-refractivity contribution in [3.63, 3.8) is 0 Å². The minimum atomic E-state index is -3.31. The Morgan fingerprint density at radius 2 is 1.94 bits per heavy atom. The van der Waals surface area contributed by atoms with Gasteiger partial charge in [-0.3, -0.25) is 0 Å². The highest BCUT2D eigenvalue weighted by Crippen LogP contribution is 2.12. The highest BCUT2D eigenvalue weighted by atomic mass is 79.9. The van der Waals surface area contributed by atoms with Gasteiger partial charge in [0.05, 0.1) is 12.4 Å². The quantitative estimate of drug-likeness (QED) is 0.870. The highest BCUT2D eigenvalue weighted by molar-refractivity contribution is 9.10. The van der Waals surface area contributed by atoms with E-state index in [9.17, 15) is 8.42 Å². The van der Waals surface area contributed by atoms with E-state index in [1.165, 1.54) is 0 Å². The van der Waals surface area contributed by atoms with Crippen LogP contribution < -0.4 is 4.72 Å². The summed E-state index contributed by atoms with van der Waals surface area (Å²) in [5, 5.41) is 0. The Bertz CT molecular complexity index is 444. The molecule has 0 aliphatic rings. The van der Waals surface area contributed by atoms with Crippen LogP contribution in [0.15, 0.2) is 28.7 Å². The van der Waals surface area contributed by atoms with Crippen LogP contribution >= 0.6 is 15.9 Å². The first-order chi connectivity index (χ1) is 7.93. The molecule has 1 N–H and O–H groups in total. The van der Waals surface area contributed by atoms with Crippen molar-refractivity contribution in [2.75, 3.05) is 13.7 Å². The Kier molecular flexibility index (Phi) is 5.58. The van der Waals surface area contributed by atoms with E-state index in [1.807, 2.05) is 12.1 Å². The molecule has 1 aromatic rings. The van der Waals surface area contributed by atoms with E-state index in [0.717, 1.165) is 10.0 Å². The molecular formula is C11H16BrNO3S. The molecule has 0 aromatic heterocycles. The zero-order valence-corrected chi connectivity index (χ0v) is 12.2. The molecule has 1 rings (SSSR count). The molecule has 96 valence electrons. The lowest BCUT2D eigenvalue weighted by Gasteiger charge is -2.13. The van der Waals surface area contributed by atoms with Gasteiger partial charge in [-0.1, -0.05) is 28.1 Å². The summed E-state index contributed by atoms with van der Waals surface area (Å²) < 4.78 is 32.0. The normalized spacial score (nSPS) is 13.6.